The molecule has 7 heteroatoms. The van der Waals surface area contributed by atoms with Crippen LogP contribution in [0.4, 0.5) is 0 Å². The number of hydrogen-bond donors (Lipinski definition) is 2. The van der Waals surface area contributed by atoms with Crippen molar-refractivity contribution in [2.45, 2.75) is 6.92 Å². The van der Waals surface area contributed by atoms with Gasteiger partial charge in [-0.1, -0.05) is 160 Å². The third-order valence-electron chi connectivity index (χ3n) is 9.89. The molecule has 0 fully saturated rings. The Morgan fingerprint density at radius 1 is 0.446 bits per heavy atom. The fourth-order valence-corrected chi connectivity index (χ4v) is 7.66. The molecule has 0 radical (unpaired) electrons. The maximum absolute atomic E-state index is 8.63. The summed E-state index contributed by atoms with van der Waals surface area (Å²) in [4.78, 5) is 0. The lowest BCUT2D eigenvalue weighted by Crippen LogP contribution is -2.29. The second-order valence-corrected chi connectivity index (χ2v) is 14.9. The molecule has 10 rings (SSSR count). The zero-order chi connectivity index (χ0) is 38.6. The van der Waals surface area contributed by atoms with E-state index in [0.717, 1.165) is 4.47 Å². The van der Waals surface area contributed by atoms with Crippen molar-refractivity contribution in [3.63, 3.8) is 0 Å². The molecule has 0 saturated carbocycles. The van der Waals surface area contributed by atoms with Crippen molar-refractivity contribution < 1.29 is 10.0 Å². The van der Waals surface area contributed by atoms with Crippen LogP contribution in [0, 0.1) is 6.92 Å². The number of nitrogens with zero attached hydrogens (tertiary/aromatic N) is 2. The molecule has 0 aliphatic rings. The first kappa shape index (κ1) is 37.1. The van der Waals surface area contributed by atoms with Crippen LogP contribution in [0.2, 0.25) is 5.02 Å². The summed E-state index contributed by atoms with van der Waals surface area (Å²) in [6.45, 7) is 2.13. The van der Waals surface area contributed by atoms with Crippen LogP contribution < -0.4 is 5.46 Å². The van der Waals surface area contributed by atoms with Crippen LogP contribution in [0.15, 0.2) is 199 Å². The van der Waals surface area contributed by atoms with Crippen LogP contribution in [0.3, 0.4) is 0 Å². The highest BCUT2D eigenvalue weighted by atomic mass is 79.9. The minimum Gasteiger partial charge on any atom is -0.423 e. The minimum absolute atomic E-state index is 0.449. The van der Waals surface area contributed by atoms with Gasteiger partial charge < -0.3 is 19.2 Å². The molecular formula is C49H37BBrClN2O2. The zero-order valence-corrected chi connectivity index (χ0v) is 32.9. The van der Waals surface area contributed by atoms with Crippen molar-refractivity contribution >= 4 is 83.7 Å². The van der Waals surface area contributed by atoms with Crippen molar-refractivity contribution in [3.8, 4) is 22.5 Å². The molecule has 2 aromatic heterocycles. The van der Waals surface area contributed by atoms with E-state index in [2.05, 4.69) is 196 Å². The minimum atomic E-state index is -1.41. The van der Waals surface area contributed by atoms with Crippen LogP contribution in [0.1, 0.15) is 5.56 Å². The van der Waals surface area contributed by atoms with Crippen molar-refractivity contribution in [3.05, 3.63) is 209 Å². The van der Waals surface area contributed by atoms with Gasteiger partial charge in [0.1, 0.15) is 0 Å². The van der Waals surface area contributed by atoms with Gasteiger partial charge in [-0.05, 0) is 90.2 Å². The Morgan fingerprint density at radius 3 is 1.43 bits per heavy atom. The topological polar surface area (TPSA) is 50.3 Å². The normalized spacial score (nSPS) is 10.9. The first-order chi connectivity index (χ1) is 27.4. The average Bonchev–Trinajstić information content (AvgIpc) is 3.74. The molecular weight excluding hydrogens is 775 g/mol. The van der Waals surface area contributed by atoms with E-state index in [4.69, 9.17) is 21.6 Å². The Hall–Kier alpha value is -5.89. The molecule has 0 aliphatic heterocycles. The van der Waals surface area contributed by atoms with E-state index < -0.39 is 7.12 Å². The third kappa shape index (κ3) is 7.66. The van der Waals surface area contributed by atoms with Gasteiger partial charge in [-0.25, -0.2) is 0 Å². The molecule has 0 unspecified atom stereocenters. The summed E-state index contributed by atoms with van der Waals surface area (Å²) >= 11 is 9.14. The largest absolute Gasteiger partial charge is 0.488 e. The first-order valence-corrected chi connectivity index (χ1v) is 19.5. The maximum atomic E-state index is 8.63. The van der Waals surface area contributed by atoms with E-state index in [0.29, 0.717) is 10.5 Å². The first-order valence-electron chi connectivity index (χ1n) is 18.4. The third-order valence-corrected chi connectivity index (χ3v) is 10.6. The molecule has 0 atom stereocenters. The molecule has 2 heterocycles. The monoisotopic (exact) mass is 810 g/mol. The molecule has 10 aromatic rings. The van der Waals surface area contributed by atoms with Gasteiger partial charge in [-0.3, -0.25) is 0 Å². The average molecular weight is 812 g/mol. The second-order valence-electron chi connectivity index (χ2n) is 13.6. The molecule has 8 aromatic carbocycles. The second kappa shape index (κ2) is 16.5. The van der Waals surface area contributed by atoms with Crippen LogP contribution in [0.5, 0.6) is 0 Å². The van der Waals surface area contributed by atoms with Crippen LogP contribution in [-0.2, 0) is 0 Å². The van der Waals surface area contributed by atoms with Gasteiger partial charge in [-0.2, -0.15) is 0 Å². The van der Waals surface area contributed by atoms with Crippen molar-refractivity contribution in [2.24, 2.45) is 0 Å². The summed E-state index contributed by atoms with van der Waals surface area (Å²) in [5, 5.41) is 23.0. The highest BCUT2D eigenvalue weighted by Crippen LogP contribution is 2.35. The number of rotatable bonds is 4. The van der Waals surface area contributed by atoms with E-state index in [1.54, 1.807) is 24.3 Å². The van der Waals surface area contributed by atoms with Gasteiger partial charge >= 0.3 is 7.12 Å². The van der Waals surface area contributed by atoms with Crippen molar-refractivity contribution in [2.75, 3.05) is 0 Å². The van der Waals surface area contributed by atoms with Crippen molar-refractivity contribution in [1.29, 1.82) is 0 Å². The Kier molecular flexibility index (Phi) is 10.9. The molecule has 4 nitrogen and oxygen atoms in total. The number of aryl methyl sites for hydroxylation is 1. The summed E-state index contributed by atoms with van der Waals surface area (Å²) in [5.74, 6) is 0. The number of aromatic nitrogens is 2. The molecule has 2 N–H and O–H groups in total. The SMILES string of the molecule is Brc1ccc2c3ccccc3n(-c3ccccc3)c2c1.Cc1ccc(-c2ccc3c4ccccc4n(-c4ccccc4)c3c2)cc1.OB(O)c1ccc(Cl)cc1. The number of fused-ring (bicyclic) bond motifs is 6. The standard InChI is InChI=1S/C25H19N.C18H12BrN.C6H6BClO2/c1-18-11-13-19(14-12-18)20-15-16-23-22-9-5-6-10-24(22)26(25(23)17-20)21-7-3-2-4-8-21;19-13-10-11-16-15-8-4-5-9-17(15)20(18(16)12-13)14-6-2-1-3-7-14;8-6-3-1-5(2-4-6)7(9)10/h2-17H,1H3;1-12H;1-4,9-10H. The fraction of sp³-hybridized carbons (Fsp3) is 0.0204. The molecule has 0 amide bonds. The summed E-state index contributed by atoms with van der Waals surface area (Å²) in [6, 6.07) is 66.6. The lowest BCUT2D eigenvalue weighted by atomic mass is 9.81. The Balaban J connectivity index is 0.000000130. The molecule has 0 bridgehead atoms. The van der Waals surface area contributed by atoms with E-state index in [1.165, 1.54) is 71.7 Å². The van der Waals surface area contributed by atoms with E-state index in [1.807, 2.05) is 6.07 Å². The van der Waals surface area contributed by atoms with E-state index >= 15 is 0 Å². The van der Waals surface area contributed by atoms with Gasteiger partial charge in [0, 0.05) is 42.4 Å². The van der Waals surface area contributed by atoms with Crippen LogP contribution in [0.25, 0.3) is 66.1 Å². The molecule has 0 aliphatic carbocycles. The fourth-order valence-electron chi connectivity index (χ4n) is 7.19. The number of benzene rings is 8. The highest BCUT2D eigenvalue weighted by molar-refractivity contribution is 9.10. The van der Waals surface area contributed by atoms with Gasteiger partial charge in [0.05, 0.1) is 22.1 Å². The van der Waals surface area contributed by atoms with E-state index in [-0.39, 0.29) is 0 Å². The van der Waals surface area contributed by atoms with Gasteiger partial charge in [0.2, 0.25) is 0 Å². The molecule has 272 valence electrons. The maximum Gasteiger partial charge on any atom is 0.488 e. The smallest absolute Gasteiger partial charge is 0.423 e. The molecule has 0 spiro atoms. The van der Waals surface area contributed by atoms with Gasteiger partial charge in [-0.15, -0.1) is 0 Å². The summed E-state index contributed by atoms with van der Waals surface area (Å²) in [7, 11) is -1.41. The summed E-state index contributed by atoms with van der Waals surface area (Å²) in [5.41, 5.74) is 11.6. The van der Waals surface area contributed by atoms with Gasteiger partial charge in [0.15, 0.2) is 0 Å². The number of halogens is 2. The van der Waals surface area contributed by atoms with Crippen LogP contribution >= 0.6 is 27.5 Å². The van der Waals surface area contributed by atoms with Gasteiger partial charge in [0.25, 0.3) is 0 Å². The summed E-state index contributed by atoms with van der Waals surface area (Å²) < 4.78 is 5.78. The number of para-hydroxylation sites is 4. The van der Waals surface area contributed by atoms with Crippen LogP contribution in [-0.4, -0.2) is 26.3 Å². The quantitative estimate of drug-likeness (QED) is 0.174. The molecule has 0 saturated heterocycles. The predicted octanol–water partition coefficient (Wildman–Crippen LogP) is 12.3. The number of hydrogen-bond acceptors (Lipinski definition) is 2. The lowest BCUT2D eigenvalue weighted by molar-refractivity contribution is 0.426. The highest BCUT2D eigenvalue weighted by Gasteiger charge is 2.14. The molecule has 56 heavy (non-hydrogen) atoms. The Bertz CT molecular complexity index is 2910. The summed E-state index contributed by atoms with van der Waals surface area (Å²) in [6.07, 6.45) is 0. The lowest BCUT2D eigenvalue weighted by Gasteiger charge is -2.09. The Labute approximate surface area is 339 Å². The van der Waals surface area contributed by atoms with E-state index in [9.17, 15) is 0 Å². The van der Waals surface area contributed by atoms with Crippen molar-refractivity contribution in [1.82, 2.24) is 9.13 Å². The zero-order valence-electron chi connectivity index (χ0n) is 30.6. The Morgan fingerprint density at radius 2 is 0.893 bits per heavy atom. The predicted molar refractivity (Wildman–Crippen MR) is 241 cm³/mol.